The van der Waals surface area contributed by atoms with Crippen molar-refractivity contribution in [3.8, 4) is 0 Å². The highest BCUT2D eigenvalue weighted by Gasteiger charge is 2.11. The van der Waals surface area contributed by atoms with Crippen molar-refractivity contribution < 1.29 is 14.8 Å². The molecule has 2 N–H and O–H groups in total. The van der Waals surface area contributed by atoms with Crippen LogP contribution in [0.3, 0.4) is 0 Å². The fourth-order valence-electron chi connectivity index (χ4n) is 6.40. The van der Waals surface area contributed by atoms with E-state index in [9.17, 15) is 10.2 Å². The zero-order valence-corrected chi connectivity index (χ0v) is 33.7. The molecular weight excluding hydrogens is 729 g/mol. The third-order valence-corrected chi connectivity index (χ3v) is 11.9. The minimum Gasteiger partial charge on any atom is -0.395 e. The summed E-state index contributed by atoms with van der Waals surface area (Å²) in [5, 5.41) is 18.4. The van der Waals surface area contributed by atoms with Crippen LogP contribution < -0.4 is 14.4 Å². The first-order chi connectivity index (χ1) is 27.6. The molecule has 0 unspecified atom stereocenters. The molecule has 6 nitrogen and oxygen atoms in total. The van der Waals surface area contributed by atoms with Gasteiger partial charge in [0.2, 0.25) is 0 Å². The highest BCUT2D eigenvalue weighted by molar-refractivity contribution is 8.76. The van der Waals surface area contributed by atoms with Crippen LogP contribution in [0.2, 0.25) is 0 Å². The molecule has 0 spiro atoms. The molecular formula is C48H53N4O2S2+. The van der Waals surface area contributed by atoms with Gasteiger partial charge in [-0.3, -0.25) is 0 Å². The Bertz CT molecular complexity index is 2000. The molecule has 0 bridgehead atoms. The van der Waals surface area contributed by atoms with Gasteiger partial charge in [-0.15, -0.1) is 0 Å². The molecule has 6 rings (SSSR count). The van der Waals surface area contributed by atoms with Crippen molar-refractivity contribution in [3.63, 3.8) is 0 Å². The van der Waals surface area contributed by atoms with Crippen LogP contribution in [-0.4, -0.2) is 66.0 Å². The first-order valence-electron chi connectivity index (χ1n) is 19.4. The average Bonchev–Trinajstić information content (AvgIpc) is 3.25. The second-order valence-corrected chi connectivity index (χ2v) is 16.3. The van der Waals surface area contributed by atoms with Crippen molar-refractivity contribution >= 4 is 51.2 Å². The summed E-state index contributed by atoms with van der Waals surface area (Å²) in [7, 11) is 3.91. The molecule has 0 radical (unpaired) electrons. The van der Waals surface area contributed by atoms with Crippen LogP contribution in [-0.2, 0) is 19.6 Å². The zero-order valence-electron chi connectivity index (χ0n) is 32.0. The molecule has 0 amide bonds. The first kappa shape index (κ1) is 40.7. The van der Waals surface area contributed by atoms with E-state index in [0.29, 0.717) is 13.1 Å². The third-order valence-electron chi connectivity index (χ3n) is 9.56. The molecule has 8 heteroatoms. The monoisotopic (exact) mass is 781 g/mol. The number of benzene rings is 4. The molecule has 56 heavy (non-hydrogen) atoms. The van der Waals surface area contributed by atoms with Crippen molar-refractivity contribution in [1.82, 2.24) is 4.90 Å². The molecule has 5 aromatic rings. The van der Waals surface area contributed by atoms with Crippen LogP contribution in [0.1, 0.15) is 27.8 Å². The Morgan fingerprint density at radius 2 is 1.09 bits per heavy atom. The fraction of sp³-hybridized carbons (Fsp3) is 0.229. The molecule has 0 saturated carbocycles. The van der Waals surface area contributed by atoms with Crippen LogP contribution in [0.15, 0.2) is 164 Å². The number of rotatable bonds is 21. The summed E-state index contributed by atoms with van der Waals surface area (Å²) in [5.41, 5.74) is 9.74. The maximum Gasteiger partial charge on any atom is 0.171 e. The number of β-amino-alcohol motifs (C(OH)–C–C–N with tert-alkyl or cyclic N) is 1. The predicted octanol–water partition coefficient (Wildman–Crippen LogP) is 8.99. The van der Waals surface area contributed by atoms with Crippen LogP contribution in [0.25, 0.3) is 18.2 Å². The lowest BCUT2D eigenvalue weighted by Gasteiger charge is -2.26. The van der Waals surface area contributed by atoms with Gasteiger partial charge in [0, 0.05) is 80.5 Å². The van der Waals surface area contributed by atoms with Gasteiger partial charge in [0.15, 0.2) is 18.9 Å². The van der Waals surface area contributed by atoms with Gasteiger partial charge in [-0.1, -0.05) is 137 Å². The minimum atomic E-state index is 0.139. The molecule has 0 saturated heterocycles. The van der Waals surface area contributed by atoms with Gasteiger partial charge >= 0.3 is 0 Å². The Labute approximate surface area is 341 Å². The van der Waals surface area contributed by atoms with Crippen molar-refractivity contribution in [2.45, 2.75) is 19.6 Å². The molecule has 0 fully saturated rings. The molecule has 4 aromatic carbocycles. The molecule has 0 atom stereocenters. The molecule has 1 aliphatic rings. The quantitative estimate of drug-likeness (QED) is 0.0438. The number of aromatic nitrogens is 1. The summed E-state index contributed by atoms with van der Waals surface area (Å²) < 4.78 is 1.98. The zero-order chi connectivity index (χ0) is 38.6. The van der Waals surface area contributed by atoms with Gasteiger partial charge in [0.05, 0.1) is 6.61 Å². The van der Waals surface area contributed by atoms with Crippen LogP contribution in [0, 0.1) is 0 Å². The van der Waals surface area contributed by atoms with Crippen molar-refractivity contribution in [2.75, 3.05) is 60.7 Å². The van der Waals surface area contributed by atoms with E-state index in [1.807, 2.05) is 38.5 Å². The number of allylic oxidation sites excluding steroid dienone is 3. The lowest BCUT2D eigenvalue weighted by Crippen LogP contribution is -2.34. The Morgan fingerprint density at radius 3 is 1.55 bits per heavy atom. The van der Waals surface area contributed by atoms with E-state index in [1.54, 1.807) is 0 Å². The SMILES string of the molecule is OCCN1C=CC(/C=C/c2ccc(N(CCSSCCN(Cc3ccccc3)c3ccc(/C=C/c4cc[n+](CCO)cc4)cc3)Cc3ccccc3)cc2)=CC1. The van der Waals surface area contributed by atoms with Gasteiger partial charge in [-0.05, 0) is 63.7 Å². The van der Waals surface area contributed by atoms with E-state index in [4.69, 9.17) is 0 Å². The van der Waals surface area contributed by atoms with Crippen LogP contribution >= 0.6 is 21.6 Å². The number of pyridine rings is 1. The van der Waals surface area contributed by atoms with Crippen molar-refractivity contribution in [1.29, 1.82) is 0 Å². The number of nitrogens with zero attached hydrogens (tertiary/aromatic N) is 4. The Balaban J connectivity index is 1.02. The molecule has 1 aromatic heterocycles. The number of aliphatic hydroxyl groups is 2. The van der Waals surface area contributed by atoms with Gasteiger partial charge in [-0.2, -0.15) is 0 Å². The third kappa shape index (κ3) is 13.3. The van der Waals surface area contributed by atoms with Crippen molar-refractivity contribution in [3.05, 3.63) is 192 Å². The molecule has 0 aliphatic carbocycles. The standard InChI is InChI=1S/C48H53N4O2S2/c53-35-31-49-27-23-43(24-28-49)13-11-41-15-19-47(20-16-41)51(39-45-7-3-1-4-8-45)33-37-55-56-38-34-52(40-46-9-5-2-6-10-46)48-21-17-42(18-22-48)12-14-44-25-29-50(30-26-44)32-36-54/h1-29,53-54H,30-40H2/q+1/b14-12+. The van der Waals surface area contributed by atoms with Crippen LogP contribution in [0.4, 0.5) is 11.4 Å². The number of hydrogen-bond donors (Lipinski definition) is 2. The molecule has 2 heterocycles. The highest BCUT2D eigenvalue weighted by atomic mass is 33.1. The first-order valence-corrected chi connectivity index (χ1v) is 21.9. The highest BCUT2D eigenvalue weighted by Crippen LogP contribution is 2.26. The fourth-order valence-corrected chi connectivity index (χ4v) is 8.38. The van der Waals surface area contributed by atoms with Crippen molar-refractivity contribution in [2.24, 2.45) is 0 Å². The summed E-state index contributed by atoms with van der Waals surface area (Å²) in [5.74, 6) is 2.05. The largest absolute Gasteiger partial charge is 0.395 e. The van der Waals surface area contributed by atoms with E-state index in [2.05, 4.69) is 179 Å². The minimum absolute atomic E-state index is 0.139. The normalized spacial score (nSPS) is 12.8. The van der Waals surface area contributed by atoms with Crippen LogP contribution in [0.5, 0.6) is 0 Å². The second kappa shape index (κ2) is 22.5. The number of aliphatic hydroxyl groups excluding tert-OH is 2. The van der Waals surface area contributed by atoms with E-state index < -0.39 is 0 Å². The van der Waals surface area contributed by atoms with E-state index in [1.165, 1.54) is 33.6 Å². The average molecular weight is 782 g/mol. The van der Waals surface area contributed by atoms with E-state index in [-0.39, 0.29) is 13.2 Å². The van der Waals surface area contributed by atoms with E-state index >= 15 is 0 Å². The van der Waals surface area contributed by atoms with Gasteiger partial charge in [-0.25, -0.2) is 4.57 Å². The summed E-state index contributed by atoms with van der Waals surface area (Å²) in [6.45, 7) is 6.05. The number of anilines is 2. The topological polar surface area (TPSA) is 54.1 Å². The maximum atomic E-state index is 9.19. The van der Waals surface area contributed by atoms with Gasteiger partial charge in [0.1, 0.15) is 6.61 Å². The van der Waals surface area contributed by atoms with E-state index in [0.717, 1.165) is 55.4 Å². The smallest absolute Gasteiger partial charge is 0.171 e. The summed E-state index contributed by atoms with van der Waals surface area (Å²) in [6.07, 6.45) is 19.0. The lowest BCUT2D eigenvalue weighted by molar-refractivity contribution is -0.698. The summed E-state index contributed by atoms with van der Waals surface area (Å²) in [4.78, 5) is 7.08. The predicted molar refractivity (Wildman–Crippen MR) is 240 cm³/mol. The Morgan fingerprint density at radius 1 is 0.589 bits per heavy atom. The summed E-state index contributed by atoms with van der Waals surface area (Å²) >= 11 is 0. The Kier molecular flexibility index (Phi) is 16.4. The van der Waals surface area contributed by atoms with Gasteiger partial charge in [0.25, 0.3) is 0 Å². The molecule has 288 valence electrons. The maximum absolute atomic E-state index is 9.19. The summed E-state index contributed by atoms with van der Waals surface area (Å²) in [6, 6.07) is 43.4. The lowest BCUT2D eigenvalue weighted by atomic mass is 10.1. The number of hydrogen-bond acceptors (Lipinski definition) is 7. The second-order valence-electron chi connectivity index (χ2n) is 13.6. The Hall–Kier alpha value is -4.99. The molecule has 1 aliphatic heterocycles. The van der Waals surface area contributed by atoms with Gasteiger partial charge < -0.3 is 24.9 Å².